The van der Waals surface area contributed by atoms with Gasteiger partial charge in [-0.05, 0) is 24.3 Å². The molecule has 94 valence electrons. The Balaban J connectivity index is 2.14. The lowest BCUT2D eigenvalue weighted by molar-refractivity contribution is -0.384. The van der Waals surface area contributed by atoms with Crippen molar-refractivity contribution in [2.45, 2.75) is 0 Å². The number of nitrogens with two attached hydrogens (primary N) is 1. The number of rotatable bonds is 2. The molecule has 0 aliphatic rings. The second kappa shape index (κ2) is 4.09. The molecule has 0 amide bonds. The highest BCUT2D eigenvalue weighted by Gasteiger charge is 2.08. The largest absolute Gasteiger partial charge is 0.398 e. The van der Waals surface area contributed by atoms with Crippen molar-refractivity contribution >= 4 is 22.4 Å². The molecule has 19 heavy (non-hydrogen) atoms. The number of nitrogen functional groups attached to an aromatic ring is 1. The van der Waals surface area contributed by atoms with Crippen molar-refractivity contribution in [3.63, 3.8) is 0 Å². The minimum atomic E-state index is -0.423. The lowest BCUT2D eigenvalue weighted by atomic mass is 10.3. The van der Waals surface area contributed by atoms with Crippen LogP contribution in [0.25, 0.3) is 16.7 Å². The summed E-state index contributed by atoms with van der Waals surface area (Å²) in [5, 5.41) is 11.5. The molecule has 2 N–H and O–H groups in total. The number of nitrogens with zero attached hydrogens (tertiary/aromatic N) is 3. The number of nitro benzene ring substituents is 1. The predicted molar refractivity (Wildman–Crippen MR) is 72.1 cm³/mol. The zero-order valence-corrected chi connectivity index (χ0v) is 9.85. The van der Waals surface area contributed by atoms with Crippen molar-refractivity contribution in [2.24, 2.45) is 0 Å². The minimum absolute atomic E-state index is 0.0627. The van der Waals surface area contributed by atoms with E-state index >= 15 is 0 Å². The third kappa shape index (κ3) is 1.79. The first-order valence-corrected chi connectivity index (χ1v) is 5.63. The van der Waals surface area contributed by atoms with Crippen molar-refractivity contribution in [3.05, 3.63) is 58.9 Å². The zero-order chi connectivity index (χ0) is 13.4. The average molecular weight is 254 g/mol. The number of hydrogen-bond donors (Lipinski definition) is 1. The number of non-ortho nitro benzene ring substituents is 1. The monoisotopic (exact) mass is 254 g/mol. The van der Waals surface area contributed by atoms with Crippen LogP contribution in [0.1, 0.15) is 0 Å². The Bertz CT molecular complexity index is 762. The molecule has 0 unspecified atom stereocenters. The molecular weight excluding hydrogens is 244 g/mol. The van der Waals surface area contributed by atoms with Crippen molar-refractivity contribution in [3.8, 4) is 5.69 Å². The molecule has 0 radical (unpaired) electrons. The smallest absolute Gasteiger partial charge is 0.269 e. The van der Waals surface area contributed by atoms with Gasteiger partial charge in [0.2, 0.25) is 0 Å². The standard InChI is InChI=1S/C13H10N4O2/c14-12-5-7-15-13-11(12)6-8-16(13)9-1-3-10(4-2-9)17(18)19/h1-8H,(H2,14,15). The molecule has 0 spiro atoms. The molecule has 2 heterocycles. The highest BCUT2D eigenvalue weighted by molar-refractivity contribution is 5.89. The van der Waals surface area contributed by atoms with E-state index in [2.05, 4.69) is 4.98 Å². The van der Waals surface area contributed by atoms with E-state index in [1.165, 1.54) is 12.1 Å². The van der Waals surface area contributed by atoms with E-state index in [1.54, 1.807) is 24.4 Å². The molecule has 3 rings (SSSR count). The molecule has 0 atom stereocenters. The van der Waals surface area contributed by atoms with Crippen LogP contribution in [-0.2, 0) is 0 Å². The summed E-state index contributed by atoms with van der Waals surface area (Å²) < 4.78 is 1.84. The fourth-order valence-electron chi connectivity index (χ4n) is 2.00. The second-order valence-electron chi connectivity index (χ2n) is 4.10. The van der Waals surface area contributed by atoms with Crippen LogP contribution in [0.5, 0.6) is 0 Å². The third-order valence-corrected chi connectivity index (χ3v) is 2.96. The van der Waals surface area contributed by atoms with E-state index in [0.717, 1.165) is 16.7 Å². The molecule has 6 nitrogen and oxygen atoms in total. The van der Waals surface area contributed by atoms with Crippen LogP contribution in [0, 0.1) is 10.1 Å². The summed E-state index contributed by atoms with van der Waals surface area (Å²) in [6.45, 7) is 0. The Morgan fingerprint density at radius 3 is 2.58 bits per heavy atom. The Hall–Kier alpha value is -2.89. The first-order chi connectivity index (χ1) is 9.16. The van der Waals surface area contributed by atoms with Crippen LogP contribution in [0.4, 0.5) is 11.4 Å². The normalized spacial score (nSPS) is 10.7. The number of aromatic nitrogens is 2. The molecule has 0 saturated heterocycles. The van der Waals surface area contributed by atoms with Crippen LogP contribution in [0.3, 0.4) is 0 Å². The molecule has 0 aliphatic heterocycles. The lowest BCUT2D eigenvalue weighted by Crippen LogP contribution is -1.95. The maximum atomic E-state index is 10.6. The third-order valence-electron chi connectivity index (χ3n) is 2.96. The SMILES string of the molecule is Nc1ccnc2c1ccn2-c1ccc([N+](=O)[O-])cc1. The number of benzene rings is 1. The molecule has 1 aromatic carbocycles. The summed E-state index contributed by atoms with van der Waals surface area (Å²) >= 11 is 0. The Morgan fingerprint density at radius 1 is 1.16 bits per heavy atom. The quantitative estimate of drug-likeness (QED) is 0.562. The summed E-state index contributed by atoms with van der Waals surface area (Å²) in [5.74, 6) is 0. The summed E-state index contributed by atoms with van der Waals surface area (Å²) in [5.41, 5.74) is 8.12. The molecular formula is C13H10N4O2. The van der Waals surface area contributed by atoms with Gasteiger partial charge in [-0.3, -0.25) is 10.1 Å². The fraction of sp³-hybridized carbons (Fsp3) is 0. The van der Waals surface area contributed by atoms with E-state index in [4.69, 9.17) is 5.73 Å². The van der Waals surface area contributed by atoms with Gasteiger partial charge in [-0.25, -0.2) is 4.98 Å². The Labute approximate surface area is 108 Å². The first kappa shape index (κ1) is 11.2. The summed E-state index contributed by atoms with van der Waals surface area (Å²) in [6.07, 6.45) is 3.48. The maximum absolute atomic E-state index is 10.6. The van der Waals surface area contributed by atoms with Crippen LogP contribution >= 0.6 is 0 Å². The summed E-state index contributed by atoms with van der Waals surface area (Å²) in [7, 11) is 0. The van der Waals surface area contributed by atoms with Crippen LogP contribution in [0.15, 0.2) is 48.8 Å². The number of pyridine rings is 1. The van der Waals surface area contributed by atoms with Crippen molar-refractivity contribution in [1.29, 1.82) is 0 Å². The molecule has 0 saturated carbocycles. The number of anilines is 1. The zero-order valence-electron chi connectivity index (χ0n) is 9.85. The Kier molecular flexibility index (Phi) is 2.42. The van der Waals surface area contributed by atoms with Gasteiger partial charge in [0.25, 0.3) is 5.69 Å². The van der Waals surface area contributed by atoms with Crippen molar-refractivity contribution in [1.82, 2.24) is 9.55 Å². The number of nitro groups is 1. The van der Waals surface area contributed by atoms with E-state index in [1.807, 2.05) is 16.8 Å². The number of fused-ring (bicyclic) bond motifs is 1. The van der Waals surface area contributed by atoms with Gasteiger partial charge in [-0.2, -0.15) is 0 Å². The lowest BCUT2D eigenvalue weighted by Gasteiger charge is -2.04. The van der Waals surface area contributed by atoms with Gasteiger partial charge < -0.3 is 10.3 Å². The van der Waals surface area contributed by atoms with Gasteiger partial charge in [0.1, 0.15) is 5.65 Å². The van der Waals surface area contributed by atoms with Gasteiger partial charge in [0.05, 0.1) is 4.92 Å². The summed E-state index contributed by atoms with van der Waals surface area (Å²) in [4.78, 5) is 14.5. The molecule has 0 fully saturated rings. The van der Waals surface area contributed by atoms with E-state index in [9.17, 15) is 10.1 Å². The predicted octanol–water partition coefficient (Wildman–Crippen LogP) is 2.52. The number of hydrogen-bond acceptors (Lipinski definition) is 4. The van der Waals surface area contributed by atoms with Gasteiger partial charge in [-0.1, -0.05) is 0 Å². The average Bonchev–Trinajstić information content (AvgIpc) is 2.84. The minimum Gasteiger partial charge on any atom is -0.398 e. The molecule has 6 heteroatoms. The first-order valence-electron chi connectivity index (χ1n) is 5.63. The van der Waals surface area contributed by atoms with Crippen molar-refractivity contribution in [2.75, 3.05) is 5.73 Å². The van der Waals surface area contributed by atoms with E-state index in [0.29, 0.717) is 5.69 Å². The second-order valence-corrected chi connectivity index (χ2v) is 4.10. The molecule has 0 aliphatic carbocycles. The van der Waals surface area contributed by atoms with Crippen LogP contribution < -0.4 is 5.73 Å². The maximum Gasteiger partial charge on any atom is 0.269 e. The van der Waals surface area contributed by atoms with E-state index in [-0.39, 0.29) is 5.69 Å². The molecule has 0 bridgehead atoms. The highest BCUT2D eigenvalue weighted by atomic mass is 16.6. The molecule has 2 aromatic heterocycles. The van der Waals surface area contributed by atoms with Crippen LogP contribution in [0.2, 0.25) is 0 Å². The fourth-order valence-corrected chi connectivity index (χ4v) is 2.00. The topological polar surface area (TPSA) is 87.0 Å². The Morgan fingerprint density at radius 2 is 1.89 bits per heavy atom. The molecule has 3 aromatic rings. The van der Waals surface area contributed by atoms with E-state index < -0.39 is 4.92 Å². The van der Waals surface area contributed by atoms with Crippen LogP contribution in [-0.4, -0.2) is 14.5 Å². The van der Waals surface area contributed by atoms with Crippen molar-refractivity contribution < 1.29 is 4.92 Å². The van der Waals surface area contributed by atoms with Gasteiger partial charge in [0, 0.05) is 41.3 Å². The van der Waals surface area contributed by atoms with Gasteiger partial charge >= 0.3 is 0 Å². The summed E-state index contributed by atoms with van der Waals surface area (Å²) in [6, 6.07) is 9.91. The van der Waals surface area contributed by atoms with Gasteiger partial charge in [0.15, 0.2) is 0 Å². The van der Waals surface area contributed by atoms with Gasteiger partial charge in [-0.15, -0.1) is 0 Å². The highest BCUT2D eigenvalue weighted by Crippen LogP contribution is 2.24.